The number of halogens is 2. The van der Waals surface area contributed by atoms with Crippen LogP contribution in [0.3, 0.4) is 0 Å². The summed E-state index contributed by atoms with van der Waals surface area (Å²) in [6.07, 6.45) is 0. The monoisotopic (exact) mass is 300 g/mol. The van der Waals surface area contributed by atoms with Crippen LogP contribution in [0.25, 0.3) is 11.1 Å². The Labute approximate surface area is 115 Å². The fourth-order valence-corrected chi connectivity index (χ4v) is 2.46. The Morgan fingerprint density at radius 3 is 2.26 bits per heavy atom. The highest BCUT2D eigenvalue weighted by atomic mass is 35.7. The highest BCUT2D eigenvalue weighted by Crippen LogP contribution is 2.33. The summed E-state index contributed by atoms with van der Waals surface area (Å²) >= 11 is 0. The lowest BCUT2D eigenvalue weighted by Gasteiger charge is -2.09. The van der Waals surface area contributed by atoms with Gasteiger partial charge in [-0.05, 0) is 29.8 Å². The first-order chi connectivity index (χ1) is 8.91. The van der Waals surface area contributed by atoms with E-state index in [9.17, 15) is 12.8 Å². The first-order valence-electron chi connectivity index (χ1n) is 5.30. The lowest BCUT2D eigenvalue weighted by atomic mass is 10.0. The molecule has 0 saturated carbocycles. The van der Waals surface area contributed by atoms with Gasteiger partial charge in [-0.15, -0.1) is 0 Å². The van der Waals surface area contributed by atoms with Crippen LogP contribution in [0, 0.1) is 5.82 Å². The molecule has 0 heterocycles. The molecule has 0 aromatic heterocycles. The predicted molar refractivity (Wildman–Crippen MR) is 71.4 cm³/mol. The molecule has 2 aromatic carbocycles. The van der Waals surface area contributed by atoms with E-state index in [2.05, 4.69) is 0 Å². The fraction of sp³-hybridized carbons (Fsp3) is 0.0769. The lowest BCUT2D eigenvalue weighted by molar-refractivity contribution is 0.415. The van der Waals surface area contributed by atoms with Crippen LogP contribution in [0.2, 0.25) is 0 Å². The van der Waals surface area contributed by atoms with Gasteiger partial charge in [0.2, 0.25) is 0 Å². The second-order valence-corrected chi connectivity index (χ2v) is 6.37. The van der Waals surface area contributed by atoms with Crippen molar-refractivity contribution < 1.29 is 17.5 Å². The highest BCUT2D eigenvalue weighted by molar-refractivity contribution is 8.13. The Bertz CT molecular complexity index is 696. The Balaban J connectivity index is 2.56. The van der Waals surface area contributed by atoms with E-state index in [-0.39, 0.29) is 10.7 Å². The van der Waals surface area contributed by atoms with Crippen molar-refractivity contribution in [3.05, 3.63) is 48.3 Å². The lowest BCUT2D eigenvalue weighted by Crippen LogP contribution is -1.94. The number of benzene rings is 2. The van der Waals surface area contributed by atoms with Gasteiger partial charge in [-0.25, -0.2) is 12.8 Å². The molecular formula is C13H10ClFO3S. The summed E-state index contributed by atoms with van der Waals surface area (Å²) in [6.45, 7) is 0. The molecule has 2 aromatic rings. The van der Waals surface area contributed by atoms with Crippen molar-refractivity contribution >= 4 is 19.7 Å². The van der Waals surface area contributed by atoms with Gasteiger partial charge in [-0.3, -0.25) is 0 Å². The molecule has 0 fully saturated rings. The number of hydrogen-bond donors (Lipinski definition) is 0. The van der Waals surface area contributed by atoms with Crippen molar-refractivity contribution in [1.29, 1.82) is 0 Å². The number of ether oxygens (including phenoxy) is 1. The molecule has 2 rings (SSSR count). The van der Waals surface area contributed by atoms with Crippen LogP contribution >= 0.6 is 10.7 Å². The number of rotatable bonds is 3. The van der Waals surface area contributed by atoms with Crippen molar-refractivity contribution in [2.24, 2.45) is 0 Å². The summed E-state index contributed by atoms with van der Waals surface area (Å²) in [6, 6.07) is 10.1. The smallest absolute Gasteiger partial charge is 0.261 e. The maximum absolute atomic E-state index is 12.9. The summed E-state index contributed by atoms with van der Waals surface area (Å²) in [5, 5.41) is 0. The molecule has 0 bridgehead atoms. The van der Waals surface area contributed by atoms with Crippen molar-refractivity contribution in [3.63, 3.8) is 0 Å². The van der Waals surface area contributed by atoms with Gasteiger partial charge < -0.3 is 4.74 Å². The van der Waals surface area contributed by atoms with E-state index in [0.717, 1.165) is 5.56 Å². The molecule has 100 valence electrons. The summed E-state index contributed by atoms with van der Waals surface area (Å²) in [5.74, 6) is 0.0102. The molecule has 3 nitrogen and oxygen atoms in total. The van der Waals surface area contributed by atoms with Gasteiger partial charge in [-0.1, -0.05) is 12.1 Å². The summed E-state index contributed by atoms with van der Waals surface area (Å²) in [4.78, 5) is -0.0446. The Morgan fingerprint density at radius 2 is 1.74 bits per heavy atom. The summed E-state index contributed by atoms with van der Waals surface area (Å²) in [5.41, 5.74) is 1.38. The molecule has 0 unspecified atom stereocenters. The molecule has 0 spiro atoms. The minimum absolute atomic E-state index is 0.0446. The van der Waals surface area contributed by atoms with Gasteiger partial charge in [0, 0.05) is 22.3 Å². The van der Waals surface area contributed by atoms with E-state index in [1.807, 2.05) is 0 Å². The quantitative estimate of drug-likeness (QED) is 0.816. The van der Waals surface area contributed by atoms with E-state index in [0.29, 0.717) is 11.3 Å². The topological polar surface area (TPSA) is 43.4 Å². The molecule has 0 atom stereocenters. The van der Waals surface area contributed by atoms with Gasteiger partial charge in [0.15, 0.2) is 0 Å². The second kappa shape index (κ2) is 5.19. The average Bonchev–Trinajstić information content (AvgIpc) is 2.38. The van der Waals surface area contributed by atoms with Crippen molar-refractivity contribution in [1.82, 2.24) is 0 Å². The molecule has 0 radical (unpaired) electrons. The minimum Gasteiger partial charge on any atom is -0.496 e. The third kappa shape index (κ3) is 3.05. The maximum atomic E-state index is 12.9. The van der Waals surface area contributed by atoms with E-state index in [1.54, 1.807) is 18.2 Å². The molecule has 0 N–H and O–H groups in total. The largest absolute Gasteiger partial charge is 0.496 e. The van der Waals surface area contributed by atoms with Gasteiger partial charge in [0.05, 0.1) is 12.0 Å². The van der Waals surface area contributed by atoms with Gasteiger partial charge >= 0.3 is 0 Å². The van der Waals surface area contributed by atoms with Crippen molar-refractivity contribution in [2.75, 3.05) is 7.11 Å². The Hall–Kier alpha value is -1.59. The normalized spacial score (nSPS) is 11.3. The van der Waals surface area contributed by atoms with E-state index < -0.39 is 9.05 Å². The third-order valence-electron chi connectivity index (χ3n) is 2.61. The first kappa shape index (κ1) is 13.8. The van der Waals surface area contributed by atoms with Gasteiger partial charge in [-0.2, -0.15) is 0 Å². The van der Waals surface area contributed by atoms with Crippen LogP contribution in [-0.4, -0.2) is 15.5 Å². The molecule has 0 aliphatic rings. The van der Waals surface area contributed by atoms with Gasteiger partial charge in [0.1, 0.15) is 11.6 Å². The molecule has 0 aliphatic carbocycles. The molecule has 0 amide bonds. The molecular weight excluding hydrogens is 291 g/mol. The van der Waals surface area contributed by atoms with Crippen LogP contribution in [0.5, 0.6) is 5.75 Å². The Morgan fingerprint density at radius 1 is 1.11 bits per heavy atom. The molecule has 19 heavy (non-hydrogen) atoms. The summed E-state index contributed by atoms with van der Waals surface area (Å²) < 4.78 is 40.5. The molecule has 6 heteroatoms. The highest BCUT2D eigenvalue weighted by Gasteiger charge is 2.14. The van der Waals surface area contributed by atoms with Crippen molar-refractivity contribution in [3.8, 4) is 16.9 Å². The van der Waals surface area contributed by atoms with Crippen LogP contribution in [0.4, 0.5) is 4.39 Å². The summed E-state index contributed by atoms with van der Waals surface area (Å²) in [7, 11) is 2.89. The number of hydrogen-bond acceptors (Lipinski definition) is 3. The first-order valence-corrected chi connectivity index (χ1v) is 7.61. The van der Waals surface area contributed by atoms with Crippen LogP contribution in [0.1, 0.15) is 0 Å². The average molecular weight is 301 g/mol. The van der Waals surface area contributed by atoms with Crippen LogP contribution < -0.4 is 4.74 Å². The van der Waals surface area contributed by atoms with Crippen LogP contribution in [-0.2, 0) is 9.05 Å². The zero-order valence-electron chi connectivity index (χ0n) is 9.93. The van der Waals surface area contributed by atoms with Gasteiger partial charge in [0.25, 0.3) is 9.05 Å². The zero-order chi connectivity index (χ0) is 14.0. The van der Waals surface area contributed by atoms with E-state index in [4.69, 9.17) is 15.4 Å². The van der Waals surface area contributed by atoms with E-state index >= 15 is 0 Å². The van der Waals surface area contributed by atoms with E-state index in [1.165, 1.54) is 31.4 Å². The second-order valence-electron chi connectivity index (χ2n) is 3.81. The minimum atomic E-state index is -3.81. The standard InChI is InChI=1S/C13H10ClFO3S/c1-18-13-8-11(19(14,16)17)6-7-12(13)9-2-4-10(15)5-3-9/h2-8H,1H3. The predicted octanol–water partition coefficient (Wildman–Crippen LogP) is 3.43. The van der Waals surface area contributed by atoms with Crippen LogP contribution in [0.15, 0.2) is 47.4 Å². The molecule has 0 saturated heterocycles. The fourth-order valence-electron chi connectivity index (χ4n) is 1.69. The SMILES string of the molecule is COc1cc(S(=O)(=O)Cl)ccc1-c1ccc(F)cc1. The van der Waals surface area contributed by atoms with Crippen molar-refractivity contribution in [2.45, 2.75) is 4.90 Å². The Kier molecular flexibility index (Phi) is 3.78. The zero-order valence-corrected chi connectivity index (χ0v) is 11.5. The molecule has 0 aliphatic heterocycles. The maximum Gasteiger partial charge on any atom is 0.261 e. The number of methoxy groups -OCH3 is 1. The third-order valence-corrected chi connectivity index (χ3v) is 3.96.